The minimum atomic E-state index is -1.85. The number of amidine groups is 1. The molecule has 1 heterocycles. The van der Waals surface area contributed by atoms with Crippen LogP contribution >= 0.6 is 74.2 Å². The zero-order valence-electron chi connectivity index (χ0n) is 5.87. The molecule has 3 nitrogen and oxygen atoms in total. The van der Waals surface area contributed by atoms with E-state index in [0.29, 0.717) is 6.67 Å². The van der Waals surface area contributed by atoms with Crippen LogP contribution < -0.4 is 5.43 Å². The van der Waals surface area contributed by atoms with E-state index in [2.05, 4.69) is 26.7 Å². The minimum absolute atomic E-state index is 0.204. The number of hydrazone groups is 1. The second-order valence-electron chi connectivity index (χ2n) is 2.19. The standard InChI is InChI=1S/C4H3BrCl5N3/c5-13-1-11-12-2(13)3(6,7)4(8,9)10/h11H,1H2. The van der Waals surface area contributed by atoms with Gasteiger partial charge in [0.2, 0.25) is 8.13 Å². The molecule has 0 spiro atoms. The molecular formula is C4H3BrCl5N3. The first-order valence-corrected chi connectivity index (χ1v) is 5.55. The van der Waals surface area contributed by atoms with Gasteiger partial charge in [-0.25, -0.2) is 0 Å². The third-order valence-corrected chi connectivity index (χ3v) is 4.18. The van der Waals surface area contributed by atoms with Crippen molar-refractivity contribution < 1.29 is 0 Å². The normalized spacial score (nSPS) is 18.6. The monoisotopic (exact) mass is 347 g/mol. The lowest BCUT2D eigenvalue weighted by Gasteiger charge is -2.28. The van der Waals surface area contributed by atoms with Crippen LogP contribution in [0.2, 0.25) is 0 Å². The zero-order chi connectivity index (χ0) is 10.3. The van der Waals surface area contributed by atoms with E-state index in [4.69, 9.17) is 58.0 Å². The molecule has 1 aliphatic rings. The van der Waals surface area contributed by atoms with Crippen molar-refractivity contribution in [2.24, 2.45) is 5.10 Å². The molecule has 0 saturated heterocycles. The van der Waals surface area contributed by atoms with Crippen LogP contribution in [-0.2, 0) is 0 Å². The summed E-state index contributed by atoms with van der Waals surface area (Å²) in [5, 5.41) is 3.78. The molecule has 0 radical (unpaired) electrons. The maximum absolute atomic E-state index is 5.84. The molecule has 9 heteroatoms. The van der Waals surface area contributed by atoms with E-state index in [1.165, 1.54) is 3.93 Å². The highest BCUT2D eigenvalue weighted by molar-refractivity contribution is 9.07. The molecule has 0 bridgehead atoms. The van der Waals surface area contributed by atoms with Gasteiger partial charge in [-0.2, -0.15) is 5.10 Å². The summed E-state index contributed by atoms with van der Waals surface area (Å²) in [5.41, 5.74) is 2.62. The highest BCUT2D eigenvalue weighted by Gasteiger charge is 2.53. The van der Waals surface area contributed by atoms with Crippen LogP contribution in [0, 0.1) is 0 Å². The van der Waals surface area contributed by atoms with E-state index in [0.717, 1.165) is 0 Å². The summed E-state index contributed by atoms with van der Waals surface area (Å²) < 4.78 is -2.09. The predicted molar refractivity (Wildman–Crippen MR) is 60.9 cm³/mol. The van der Waals surface area contributed by atoms with Crippen molar-refractivity contribution in [3.8, 4) is 0 Å². The van der Waals surface area contributed by atoms with Crippen LogP contribution in [0.5, 0.6) is 0 Å². The van der Waals surface area contributed by atoms with Gasteiger partial charge >= 0.3 is 0 Å². The maximum atomic E-state index is 5.84. The Bertz CT molecular complexity index is 236. The van der Waals surface area contributed by atoms with Crippen LogP contribution in [0.3, 0.4) is 0 Å². The number of hydrogen-bond donors (Lipinski definition) is 1. The van der Waals surface area contributed by atoms with Gasteiger partial charge in [-0.1, -0.05) is 58.0 Å². The van der Waals surface area contributed by atoms with E-state index in [1.807, 2.05) is 0 Å². The number of nitrogens with one attached hydrogen (secondary N) is 1. The number of nitrogens with zero attached hydrogens (tertiary/aromatic N) is 2. The van der Waals surface area contributed by atoms with Crippen molar-refractivity contribution in [3.05, 3.63) is 0 Å². The quantitative estimate of drug-likeness (QED) is 0.582. The van der Waals surface area contributed by atoms with Crippen molar-refractivity contribution in [1.29, 1.82) is 0 Å². The van der Waals surface area contributed by atoms with Crippen LogP contribution in [0.25, 0.3) is 0 Å². The first-order valence-electron chi connectivity index (χ1n) is 2.95. The lowest BCUT2D eigenvalue weighted by atomic mass is 10.4. The Morgan fingerprint density at radius 2 is 1.85 bits per heavy atom. The van der Waals surface area contributed by atoms with Crippen molar-refractivity contribution in [2.75, 3.05) is 6.67 Å². The average molecular weight is 350 g/mol. The summed E-state index contributed by atoms with van der Waals surface area (Å²) in [7, 11) is 0. The second-order valence-corrected chi connectivity index (χ2v) is 6.65. The molecule has 0 amide bonds. The van der Waals surface area contributed by atoms with Crippen LogP contribution in [0.4, 0.5) is 0 Å². The Hall–Kier alpha value is 1.20. The highest BCUT2D eigenvalue weighted by atomic mass is 79.9. The molecule has 13 heavy (non-hydrogen) atoms. The summed E-state index contributed by atoms with van der Waals surface area (Å²) in [5.74, 6) is 0.204. The van der Waals surface area contributed by atoms with Gasteiger partial charge in [0.1, 0.15) is 6.67 Å². The summed E-state index contributed by atoms with van der Waals surface area (Å²) >= 11 is 31.6. The van der Waals surface area contributed by atoms with Gasteiger partial charge in [-0.3, -0.25) is 9.35 Å². The van der Waals surface area contributed by atoms with Crippen LogP contribution in [0.1, 0.15) is 0 Å². The van der Waals surface area contributed by atoms with Crippen molar-refractivity contribution in [1.82, 2.24) is 9.35 Å². The van der Waals surface area contributed by atoms with Crippen molar-refractivity contribution in [3.63, 3.8) is 0 Å². The van der Waals surface area contributed by atoms with Gasteiger partial charge in [0.05, 0.1) is 16.1 Å². The first-order chi connectivity index (χ1) is 5.77. The molecule has 1 rings (SSSR count). The molecule has 1 N–H and O–H groups in total. The second kappa shape index (κ2) is 3.99. The van der Waals surface area contributed by atoms with Gasteiger partial charge in [-0.15, -0.1) is 0 Å². The summed E-state index contributed by atoms with van der Waals surface area (Å²) in [6.07, 6.45) is 0. The fourth-order valence-electron chi connectivity index (χ4n) is 0.651. The lowest BCUT2D eigenvalue weighted by molar-refractivity contribution is 0.648. The zero-order valence-corrected chi connectivity index (χ0v) is 11.2. The molecule has 0 aromatic heterocycles. The third-order valence-electron chi connectivity index (χ3n) is 1.26. The first kappa shape index (κ1) is 12.3. The van der Waals surface area contributed by atoms with Gasteiger partial charge < -0.3 is 0 Å². The molecule has 76 valence electrons. The molecule has 0 unspecified atom stereocenters. The molecule has 1 aliphatic heterocycles. The molecular weight excluding hydrogens is 347 g/mol. The number of rotatable bonds is 1. The molecule has 0 atom stereocenters. The smallest absolute Gasteiger partial charge is 0.230 e. The molecule has 0 fully saturated rings. The average Bonchev–Trinajstić information content (AvgIpc) is 2.32. The Labute approximate surface area is 109 Å². The van der Waals surface area contributed by atoms with Crippen LogP contribution in [-0.4, -0.2) is 24.6 Å². The van der Waals surface area contributed by atoms with E-state index >= 15 is 0 Å². The Morgan fingerprint density at radius 1 is 1.31 bits per heavy atom. The SMILES string of the molecule is ClC(Cl)(Cl)C(Cl)(Cl)C1=NNCN1Br. The number of alkyl halides is 5. The van der Waals surface area contributed by atoms with Crippen molar-refractivity contribution in [2.45, 2.75) is 8.13 Å². The lowest BCUT2D eigenvalue weighted by Crippen LogP contribution is -2.44. The van der Waals surface area contributed by atoms with E-state index in [9.17, 15) is 0 Å². The number of hydrogen-bond acceptors (Lipinski definition) is 3. The third kappa shape index (κ3) is 2.41. The fourth-order valence-corrected chi connectivity index (χ4v) is 1.85. The summed E-state index contributed by atoms with van der Waals surface area (Å²) in [6.45, 7) is 0.400. The molecule has 0 aliphatic carbocycles. The maximum Gasteiger partial charge on any atom is 0.230 e. The minimum Gasteiger partial charge on any atom is -0.288 e. The summed E-state index contributed by atoms with van der Waals surface area (Å²) in [4.78, 5) is 0. The summed E-state index contributed by atoms with van der Waals surface area (Å²) in [6, 6.07) is 0. The Balaban J connectivity index is 2.93. The molecule has 0 aromatic carbocycles. The van der Waals surface area contributed by atoms with Gasteiger partial charge in [-0.05, 0) is 0 Å². The van der Waals surface area contributed by atoms with E-state index < -0.39 is 8.13 Å². The number of halogens is 6. The largest absolute Gasteiger partial charge is 0.288 e. The topological polar surface area (TPSA) is 27.6 Å². The predicted octanol–water partition coefficient (Wildman–Crippen LogP) is 3.02. The van der Waals surface area contributed by atoms with Gasteiger partial charge in [0.15, 0.2) is 5.84 Å². The van der Waals surface area contributed by atoms with Gasteiger partial charge in [0, 0.05) is 0 Å². The van der Waals surface area contributed by atoms with Crippen LogP contribution in [0.15, 0.2) is 5.10 Å². The molecule has 0 aromatic rings. The van der Waals surface area contributed by atoms with E-state index in [1.54, 1.807) is 0 Å². The van der Waals surface area contributed by atoms with Crippen molar-refractivity contribution >= 4 is 80.0 Å². The fraction of sp³-hybridized carbons (Fsp3) is 0.750. The highest BCUT2D eigenvalue weighted by Crippen LogP contribution is 2.48. The van der Waals surface area contributed by atoms with Gasteiger partial charge in [0.25, 0.3) is 0 Å². The Kier molecular flexibility index (Phi) is 3.76. The Morgan fingerprint density at radius 3 is 2.15 bits per heavy atom. The molecule has 0 saturated carbocycles. The van der Waals surface area contributed by atoms with E-state index in [-0.39, 0.29) is 5.84 Å².